The van der Waals surface area contributed by atoms with E-state index in [0.29, 0.717) is 12.6 Å². The highest BCUT2D eigenvalue weighted by molar-refractivity contribution is 5.89. The maximum absolute atomic E-state index is 13.4. The van der Waals surface area contributed by atoms with E-state index in [1.807, 2.05) is 7.05 Å². The van der Waals surface area contributed by atoms with Gasteiger partial charge < -0.3 is 15.5 Å². The van der Waals surface area contributed by atoms with Crippen LogP contribution in [0.4, 0.5) is 14.9 Å². The maximum atomic E-state index is 13.4. The number of rotatable bonds is 2. The summed E-state index contributed by atoms with van der Waals surface area (Å²) in [4.78, 5) is 13.7. The summed E-state index contributed by atoms with van der Waals surface area (Å²) in [7, 11) is 1.89. The zero-order valence-corrected chi connectivity index (χ0v) is 11.7. The first-order valence-electron chi connectivity index (χ1n) is 6.18. The molecule has 1 fully saturated rings. The highest BCUT2D eigenvalue weighted by Crippen LogP contribution is 2.15. The molecule has 0 radical (unpaired) electrons. The largest absolute Gasteiger partial charge is 0.323 e. The summed E-state index contributed by atoms with van der Waals surface area (Å²) in [5.74, 6) is -0.409. The van der Waals surface area contributed by atoms with Gasteiger partial charge in [-0.3, -0.25) is 0 Å². The number of carbonyl (C=O) groups excluding carboxylic acids is 1. The second-order valence-corrected chi connectivity index (χ2v) is 4.48. The van der Waals surface area contributed by atoms with Gasteiger partial charge in [0.15, 0.2) is 0 Å². The van der Waals surface area contributed by atoms with Crippen molar-refractivity contribution in [1.29, 1.82) is 0 Å². The number of likely N-dealkylation sites (tertiary alicyclic amines) is 1. The van der Waals surface area contributed by atoms with Gasteiger partial charge in [0.25, 0.3) is 0 Å². The molecule has 1 saturated heterocycles. The molecule has 1 unspecified atom stereocenters. The molecule has 1 heterocycles. The van der Waals surface area contributed by atoms with E-state index in [0.717, 1.165) is 19.4 Å². The minimum Gasteiger partial charge on any atom is -0.323 e. The lowest BCUT2D eigenvalue weighted by Gasteiger charge is -2.32. The Balaban J connectivity index is 0.00000180. The smallest absolute Gasteiger partial charge is 0.321 e. The number of likely N-dealkylation sites (N-methyl/N-ethyl adjacent to an activating group) is 1. The summed E-state index contributed by atoms with van der Waals surface area (Å²) in [5, 5.41) is 5.78. The van der Waals surface area contributed by atoms with Gasteiger partial charge in [-0.15, -0.1) is 12.4 Å². The van der Waals surface area contributed by atoms with E-state index < -0.39 is 5.82 Å². The van der Waals surface area contributed by atoms with Crippen LogP contribution in [0.2, 0.25) is 0 Å². The zero-order valence-electron chi connectivity index (χ0n) is 10.9. The molecule has 2 amide bonds. The average molecular weight is 288 g/mol. The normalized spacial score (nSPS) is 18.6. The summed E-state index contributed by atoms with van der Waals surface area (Å²) in [6.45, 7) is 1.38. The molecule has 1 atom stereocenters. The SMILES string of the molecule is CNC1CCCN(C(=O)Nc2ccccc2F)C1.Cl. The van der Waals surface area contributed by atoms with Crippen LogP contribution in [0, 0.1) is 5.82 Å². The van der Waals surface area contributed by atoms with Crippen LogP contribution in [0.1, 0.15) is 12.8 Å². The molecule has 6 heteroatoms. The summed E-state index contributed by atoms with van der Waals surface area (Å²) >= 11 is 0. The second-order valence-electron chi connectivity index (χ2n) is 4.48. The third-order valence-electron chi connectivity index (χ3n) is 3.23. The topological polar surface area (TPSA) is 44.4 Å². The molecular weight excluding hydrogens is 269 g/mol. The van der Waals surface area contributed by atoms with Crippen LogP contribution < -0.4 is 10.6 Å². The fraction of sp³-hybridized carbons (Fsp3) is 0.462. The van der Waals surface area contributed by atoms with Crippen LogP contribution >= 0.6 is 12.4 Å². The van der Waals surface area contributed by atoms with E-state index in [1.54, 1.807) is 23.1 Å². The van der Waals surface area contributed by atoms with Crippen molar-refractivity contribution < 1.29 is 9.18 Å². The number of hydrogen-bond donors (Lipinski definition) is 2. The third-order valence-corrected chi connectivity index (χ3v) is 3.23. The van der Waals surface area contributed by atoms with Crippen LogP contribution in [0.5, 0.6) is 0 Å². The number of anilines is 1. The molecular formula is C13H19ClFN3O. The van der Waals surface area contributed by atoms with E-state index in [9.17, 15) is 9.18 Å². The van der Waals surface area contributed by atoms with Gasteiger partial charge in [-0.05, 0) is 32.0 Å². The Bertz CT molecular complexity index is 430. The van der Waals surface area contributed by atoms with E-state index in [2.05, 4.69) is 10.6 Å². The number of nitrogens with one attached hydrogen (secondary N) is 2. The number of halogens is 2. The molecule has 4 nitrogen and oxygen atoms in total. The zero-order chi connectivity index (χ0) is 13.0. The van der Waals surface area contributed by atoms with Gasteiger partial charge >= 0.3 is 6.03 Å². The van der Waals surface area contributed by atoms with E-state index >= 15 is 0 Å². The van der Waals surface area contributed by atoms with Crippen LogP contribution in [-0.2, 0) is 0 Å². The Morgan fingerprint density at radius 2 is 2.16 bits per heavy atom. The van der Waals surface area contributed by atoms with Gasteiger partial charge in [0.05, 0.1) is 5.69 Å². The molecule has 1 aromatic rings. The van der Waals surface area contributed by atoms with Crippen molar-refractivity contribution in [1.82, 2.24) is 10.2 Å². The molecule has 1 aliphatic heterocycles. The molecule has 0 bridgehead atoms. The Morgan fingerprint density at radius 1 is 1.42 bits per heavy atom. The van der Waals surface area contributed by atoms with E-state index in [1.165, 1.54) is 6.07 Å². The standard InChI is InChI=1S/C13H18FN3O.ClH/c1-15-10-5-4-8-17(9-10)13(18)16-12-7-3-2-6-11(12)14;/h2-3,6-7,10,15H,4-5,8-9H2,1H3,(H,16,18);1H. The predicted molar refractivity (Wildman–Crippen MR) is 76.3 cm³/mol. The first-order chi connectivity index (χ1) is 8.70. The number of amides is 2. The van der Waals surface area contributed by atoms with Gasteiger partial charge in [-0.2, -0.15) is 0 Å². The monoisotopic (exact) mass is 287 g/mol. The summed E-state index contributed by atoms with van der Waals surface area (Å²) in [6, 6.07) is 6.29. The van der Waals surface area contributed by atoms with Crippen LogP contribution in [-0.4, -0.2) is 37.1 Å². The first kappa shape index (κ1) is 15.7. The molecule has 0 spiro atoms. The number of nitrogens with zero attached hydrogens (tertiary/aromatic N) is 1. The maximum Gasteiger partial charge on any atom is 0.321 e. The van der Waals surface area contributed by atoms with Crippen LogP contribution in [0.3, 0.4) is 0 Å². The van der Waals surface area contributed by atoms with Gasteiger partial charge in [-0.25, -0.2) is 9.18 Å². The number of urea groups is 1. The Hall–Kier alpha value is -1.33. The quantitative estimate of drug-likeness (QED) is 0.878. The lowest BCUT2D eigenvalue weighted by atomic mass is 10.1. The summed E-state index contributed by atoms with van der Waals surface area (Å²) in [6.07, 6.45) is 2.04. The van der Waals surface area contributed by atoms with Gasteiger partial charge in [-0.1, -0.05) is 12.1 Å². The van der Waals surface area contributed by atoms with E-state index in [4.69, 9.17) is 0 Å². The van der Waals surface area contributed by atoms with Gasteiger partial charge in [0.1, 0.15) is 5.82 Å². The molecule has 0 aliphatic carbocycles. The van der Waals surface area contributed by atoms with Crippen molar-refractivity contribution in [3.8, 4) is 0 Å². The lowest BCUT2D eigenvalue weighted by molar-refractivity contribution is 0.187. The minimum atomic E-state index is -0.409. The van der Waals surface area contributed by atoms with Crippen molar-refractivity contribution in [2.75, 3.05) is 25.5 Å². The van der Waals surface area contributed by atoms with Gasteiger partial charge in [0, 0.05) is 19.1 Å². The number of para-hydroxylation sites is 1. The second kappa shape index (κ2) is 7.31. The fourth-order valence-corrected chi connectivity index (χ4v) is 2.15. The molecule has 19 heavy (non-hydrogen) atoms. The summed E-state index contributed by atoms with van der Waals surface area (Å²) in [5.41, 5.74) is 0.231. The minimum absolute atomic E-state index is 0. The summed E-state index contributed by atoms with van der Waals surface area (Å²) < 4.78 is 13.4. The van der Waals surface area contributed by atoms with Gasteiger partial charge in [0.2, 0.25) is 0 Å². The number of carbonyl (C=O) groups is 1. The van der Waals surface area contributed by atoms with Crippen molar-refractivity contribution in [3.05, 3.63) is 30.1 Å². The average Bonchev–Trinajstić information content (AvgIpc) is 2.41. The van der Waals surface area contributed by atoms with Crippen molar-refractivity contribution in [3.63, 3.8) is 0 Å². The molecule has 0 saturated carbocycles. The number of piperidine rings is 1. The molecule has 2 N–H and O–H groups in total. The molecule has 0 aromatic heterocycles. The highest BCUT2D eigenvalue weighted by atomic mass is 35.5. The Morgan fingerprint density at radius 3 is 2.84 bits per heavy atom. The van der Waals surface area contributed by atoms with Crippen molar-refractivity contribution in [2.45, 2.75) is 18.9 Å². The molecule has 106 valence electrons. The number of benzene rings is 1. The van der Waals surface area contributed by atoms with Crippen molar-refractivity contribution in [2.24, 2.45) is 0 Å². The fourth-order valence-electron chi connectivity index (χ4n) is 2.15. The molecule has 1 aliphatic rings. The first-order valence-corrected chi connectivity index (χ1v) is 6.18. The highest BCUT2D eigenvalue weighted by Gasteiger charge is 2.22. The third kappa shape index (κ3) is 4.08. The van der Waals surface area contributed by atoms with Crippen LogP contribution in [0.25, 0.3) is 0 Å². The van der Waals surface area contributed by atoms with Crippen molar-refractivity contribution >= 4 is 24.1 Å². The Kier molecular flexibility index (Phi) is 6.05. The predicted octanol–water partition coefficient (Wildman–Crippen LogP) is 2.46. The molecule has 2 rings (SSSR count). The van der Waals surface area contributed by atoms with Crippen LogP contribution in [0.15, 0.2) is 24.3 Å². The molecule has 1 aromatic carbocycles. The number of hydrogen-bond acceptors (Lipinski definition) is 2. The Labute approximate surface area is 118 Å². The van der Waals surface area contributed by atoms with E-state index in [-0.39, 0.29) is 24.1 Å². The lowest BCUT2D eigenvalue weighted by Crippen LogP contribution is -2.48.